The molecular formula is C24H12N2O2S2. The molecule has 1 aliphatic carbocycles. The van der Waals surface area contributed by atoms with Crippen molar-refractivity contribution in [1.82, 2.24) is 9.97 Å². The maximum atomic E-state index is 12.9. The van der Waals surface area contributed by atoms with Crippen LogP contribution in [0.25, 0.3) is 36.8 Å². The SMILES string of the molecule is O=C1C(=Cc2nc3sc(-c4cccnc4)cc3s2)C(=O)c2cc3ccccc3cc21. The van der Waals surface area contributed by atoms with Crippen LogP contribution < -0.4 is 0 Å². The van der Waals surface area contributed by atoms with Crippen LogP contribution in [0.15, 0.2) is 72.6 Å². The Kier molecular flexibility index (Phi) is 3.78. The quantitative estimate of drug-likeness (QED) is 0.256. The predicted octanol–water partition coefficient (Wildman–Crippen LogP) is 6.04. The number of thiazole rings is 1. The van der Waals surface area contributed by atoms with Crippen LogP contribution in [0.2, 0.25) is 0 Å². The van der Waals surface area contributed by atoms with Crippen LogP contribution in [0.3, 0.4) is 0 Å². The number of ketones is 2. The zero-order valence-corrected chi connectivity index (χ0v) is 17.1. The number of hydrogen-bond donors (Lipinski definition) is 0. The number of thiophene rings is 1. The van der Waals surface area contributed by atoms with Crippen molar-refractivity contribution >= 4 is 60.6 Å². The molecule has 0 atom stereocenters. The summed E-state index contributed by atoms with van der Waals surface area (Å²) >= 11 is 3.06. The average Bonchev–Trinajstić information content (AvgIpc) is 3.41. The van der Waals surface area contributed by atoms with Crippen molar-refractivity contribution in [2.75, 3.05) is 0 Å². The molecule has 0 bridgehead atoms. The van der Waals surface area contributed by atoms with Gasteiger partial charge in [0.2, 0.25) is 0 Å². The summed E-state index contributed by atoms with van der Waals surface area (Å²) in [5.74, 6) is -0.453. The predicted molar refractivity (Wildman–Crippen MR) is 121 cm³/mol. The topological polar surface area (TPSA) is 59.9 Å². The van der Waals surface area contributed by atoms with Gasteiger partial charge >= 0.3 is 0 Å². The van der Waals surface area contributed by atoms with Gasteiger partial charge in [-0.1, -0.05) is 30.3 Å². The number of benzene rings is 2. The molecule has 0 spiro atoms. The van der Waals surface area contributed by atoms with Crippen LogP contribution in [-0.2, 0) is 0 Å². The molecular weight excluding hydrogens is 412 g/mol. The van der Waals surface area contributed by atoms with Gasteiger partial charge in [-0.2, -0.15) is 0 Å². The summed E-state index contributed by atoms with van der Waals surface area (Å²) in [6.45, 7) is 0. The monoisotopic (exact) mass is 424 g/mol. The van der Waals surface area contributed by atoms with Crippen LogP contribution in [0.5, 0.6) is 0 Å². The minimum atomic E-state index is -0.227. The molecule has 1 aliphatic rings. The van der Waals surface area contributed by atoms with Crippen molar-refractivity contribution < 1.29 is 9.59 Å². The molecule has 0 saturated carbocycles. The number of carbonyl (C=O) groups is 2. The van der Waals surface area contributed by atoms with Gasteiger partial charge in [-0.3, -0.25) is 14.6 Å². The molecule has 0 saturated heterocycles. The van der Waals surface area contributed by atoms with E-state index in [4.69, 9.17) is 0 Å². The molecule has 30 heavy (non-hydrogen) atoms. The highest BCUT2D eigenvalue weighted by atomic mass is 32.1. The highest BCUT2D eigenvalue weighted by Gasteiger charge is 2.33. The number of pyridine rings is 1. The first-order chi connectivity index (χ1) is 14.7. The molecule has 0 unspecified atom stereocenters. The zero-order valence-electron chi connectivity index (χ0n) is 15.5. The molecule has 3 aromatic heterocycles. The average molecular weight is 425 g/mol. The third-order valence-electron chi connectivity index (χ3n) is 5.18. The van der Waals surface area contributed by atoms with Crippen molar-refractivity contribution in [2.24, 2.45) is 0 Å². The van der Waals surface area contributed by atoms with Gasteiger partial charge in [-0.15, -0.1) is 22.7 Å². The van der Waals surface area contributed by atoms with Crippen LogP contribution in [0.4, 0.5) is 0 Å². The number of rotatable bonds is 2. The standard InChI is InChI=1S/C24H12N2O2S2/c27-22-16-8-13-4-1-2-5-14(13)9-17(16)23(28)18(22)10-21-26-24-20(29-21)11-19(30-24)15-6-3-7-25-12-15/h1-12H. The molecule has 0 radical (unpaired) electrons. The summed E-state index contributed by atoms with van der Waals surface area (Å²) in [5.41, 5.74) is 2.19. The fraction of sp³-hybridized carbons (Fsp3) is 0. The van der Waals surface area contributed by atoms with E-state index in [2.05, 4.69) is 16.0 Å². The summed E-state index contributed by atoms with van der Waals surface area (Å²) in [5, 5.41) is 2.58. The Morgan fingerprint density at radius 1 is 0.833 bits per heavy atom. The first-order valence-corrected chi connectivity index (χ1v) is 11.0. The van der Waals surface area contributed by atoms with Crippen molar-refractivity contribution in [3.63, 3.8) is 0 Å². The lowest BCUT2D eigenvalue weighted by molar-refractivity contribution is 0.0990. The minimum absolute atomic E-state index is 0.189. The van der Waals surface area contributed by atoms with Crippen molar-refractivity contribution in [2.45, 2.75) is 0 Å². The number of hydrogen-bond acceptors (Lipinski definition) is 6. The van der Waals surface area contributed by atoms with E-state index in [0.29, 0.717) is 16.1 Å². The smallest absolute Gasteiger partial charge is 0.197 e. The molecule has 5 aromatic rings. The van der Waals surface area contributed by atoms with Gasteiger partial charge < -0.3 is 0 Å². The molecule has 6 rings (SSSR count). The van der Waals surface area contributed by atoms with E-state index in [9.17, 15) is 9.59 Å². The van der Waals surface area contributed by atoms with E-state index in [1.54, 1.807) is 23.6 Å². The van der Waals surface area contributed by atoms with Gasteiger partial charge in [-0.25, -0.2) is 4.98 Å². The van der Waals surface area contributed by atoms with E-state index in [-0.39, 0.29) is 17.1 Å². The summed E-state index contributed by atoms with van der Waals surface area (Å²) in [4.78, 5) is 36.7. The van der Waals surface area contributed by atoms with Crippen molar-refractivity contribution in [3.05, 3.63) is 88.7 Å². The molecule has 2 aromatic carbocycles. The highest BCUT2D eigenvalue weighted by molar-refractivity contribution is 7.29. The van der Waals surface area contributed by atoms with Gasteiger partial charge in [0.05, 0.1) is 10.3 Å². The Hall–Kier alpha value is -3.48. The third-order valence-corrected chi connectivity index (χ3v) is 7.34. The zero-order chi connectivity index (χ0) is 20.2. The number of allylic oxidation sites excluding steroid dienone is 1. The van der Waals surface area contributed by atoms with E-state index >= 15 is 0 Å². The van der Waals surface area contributed by atoms with E-state index in [0.717, 1.165) is 30.7 Å². The first-order valence-electron chi connectivity index (χ1n) is 9.32. The molecule has 0 N–H and O–H groups in total. The van der Waals surface area contributed by atoms with Crippen LogP contribution in [0, 0.1) is 0 Å². The number of fused-ring (bicyclic) bond motifs is 3. The number of carbonyl (C=O) groups excluding carboxylic acids is 2. The Morgan fingerprint density at radius 3 is 2.20 bits per heavy atom. The van der Waals surface area contributed by atoms with Crippen LogP contribution in [-0.4, -0.2) is 21.5 Å². The second-order valence-corrected chi connectivity index (χ2v) is 9.13. The number of nitrogens with zero attached hydrogens (tertiary/aromatic N) is 2. The molecule has 142 valence electrons. The van der Waals surface area contributed by atoms with E-state index in [1.807, 2.05) is 54.7 Å². The van der Waals surface area contributed by atoms with Gasteiger partial charge in [0.25, 0.3) is 0 Å². The third kappa shape index (κ3) is 2.65. The fourth-order valence-corrected chi connectivity index (χ4v) is 5.89. The molecule has 4 nitrogen and oxygen atoms in total. The number of Topliss-reactive ketones (excluding diaryl/α,β-unsaturated/α-hetero) is 2. The summed E-state index contributed by atoms with van der Waals surface area (Å²) in [6.07, 6.45) is 5.21. The second-order valence-electron chi connectivity index (χ2n) is 7.04. The Bertz CT molecular complexity index is 1440. The van der Waals surface area contributed by atoms with E-state index < -0.39 is 0 Å². The Balaban J connectivity index is 1.39. The lowest BCUT2D eigenvalue weighted by atomic mass is 10.0. The van der Waals surface area contributed by atoms with Crippen molar-refractivity contribution in [3.8, 4) is 10.4 Å². The summed E-state index contributed by atoms with van der Waals surface area (Å²) < 4.78 is 1.03. The first kappa shape index (κ1) is 17.4. The molecule has 3 heterocycles. The highest BCUT2D eigenvalue weighted by Crippen LogP contribution is 2.38. The Labute approximate surface area is 179 Å². The maximum absolute atomic E-state index is 12.9. The maximum Gasteiger partial charge on any atom is 0.197 e. The van der Waals surface area contributed by atoms with E-state index in [1.165, 1.54) is 11.3 Å². The Morgan fingerprint density at radius 2 is 1.57 bits per heavy atom. The van der Waals surface area contributed by atoms with Crippen molar-refractivity contribution in [1.29, 1.82) is 0 Å². The molecule has 0 aliphatic heterocycles. The lowest BCUT2D eigenvalue weighted by Gasteiger charge is -2.00. The lowest BCUT2D eigenvalue weighted by Crippen LogP contribution is -1.99. The summed E-state index contributed by atoms with van der Waals surface area (Å²) in [6, 6.07) is 17.4. The largest absolute Gasteiger partial charge is 0.288 e. The normalized spacial score (nSPS) is 13.4. The van der Waals surface area contributed by atoms with Gasteiger partial charge in [-0.05, 0) is 41.1 Å². The van der Waals surface area contributed by atoms with Gasteiger partial charge in [0, 0.05) is 34.0 Å². The molecule has 0 amide bonds. The second kappa shape index (κ2) is 6.52. The van der Waals surface area contributed by atoms with Crippen LogP contribution >= 0.6 is 22.7 Å². The van der Waals surface area contributed by atoms with Crippen LogP contribution in [0.1, 0.15) is 25.7 Å². The summed E-state index contributed by atoms with van der Waals surface area (Å²) in [7, 11) is 0. The minimum Gasteiger partial charge on any atom is -0.288 e. The fourth-order valence-electron chi connectivity index (χ4n) is 3.73. The van der Waals surface area contributed by atoms with Gasteiger partial charge in [0.15, 0.2) is 11.6 Å². The molecule has 6 heteroatoms. The van der Waals surface area contributed by atoms with Gasteiger partial charge in [0.1, 0.15) is 9.84 Å². The molecule has 0 fully saturated rings. The number of aromatic nitrogens is 2.